The number of hydrogen-bond donors (Lipinski definition) is 3. The highest BCUT2D eigenvalue weighted by Gasteiger charge is 2.21. The Balaban J connectivity index is 2.33. The molecule has 2 aromatic rings. The van der Waals surface area contributed by atoms with Crippen molar-refractivity contribution >= 4 is 28.4 Å². The first-order chi connectivity index (χ1) is 9.93. The van der Waals surface area contributed by atoms with E-state index in [1.54, 1.807) is 6.92 Å². The number of carboxylic acid groups (broad SMARTS) is 1. The van der Waals surface area contributed by atoms with Gasteiger partial charge in [0.2, 0.25) is 0 Å². The summed E-state index contributed by atoms with van der Waals surface area (Å²) in [6.07, 6.45) is 0. The number of aryl methyl sites for hydroxylation is 1. The molecule has 0 radical (unpaired) electrons. The topological polar surface area (TPSA) is 109 Å². The molecule has 3 N–H and O–H groups in total. The van der Waals surface area contributed by atoms with Crippen LogP contribution in [0.25, 0.3) is 0 Å². The van der Waals surface area contributed by atoms with Crippen LogP contribution in [0.4, 0.5) is 5.00 Å². The van der Waals surface area contributed by atoms with E-state index in [0.717, 1.165) is 11.5 Å². The molecule has 0 saturated carbocycles. The fourth-order valence-corrected chi connectivity index (χ4v) is 2.49. The Morgan fingerprint density at radius 2 is 2.10 bits per heavy atom. The average Bonchev–Trinajstić information content (AvgIpc) is 2.80. The molecule has 8 heteroatoms. The van der Waals surface area contributed by atoms with Gasteiger partial charge in [0.1, 0.15) is 22.1 Å². The number of aromatic carboxylic acids is 1. The van der Waals surface area contributed by atoms with E-state index in [1.807, 2.05) is 0 Å². The number of phenols is 1. The lowest BCUT2D eigenvalue weighted by Gasteiger charge is -2.07. The number of aromatic hydroxyl groups is 1. The molecule has 2 rings (SSSR count). The van der Waals surface area contributed by atoms with E-state index in [9.17, 15) is 14.7 Å². The number of methoxy groups -OCH3 is 1. The second-order valence-corrected chi connectivity index (χ2v) is 4.89. The van der Waals surface area contributed by atoms with Crippen LogP contribution in [0.1, 0.15) is 26.4 Å². The third-order valence-corrected chi connectivity index (χ3v) is 3.61. The normalized spacial score (nSPS) is 10.2. The maximum Gasteiger partial charge on any atom is 0.340 e. The summed E-state index contributed by atoms with van der Waals surface area (Å²) in [6, 6.07) is 4.19. The molecule has 0 unspecified atom stereocenters. The van der Waals surface area contributed by atoms with Crippen molar-refractivity contribution in [1.82, 2.24) is 4.37 Å². The molecule has 0 fully saturated rings. The van der Waals surface area contributed by atoms with Crippen molar-refractivity contribution in [2.75, 3.05) is 12.4 Å². The second kappa shape index (κ2) is 5.80. The molecule has 0 bridgehead atoms. The van der Waals surface area contributed by atoms with E-state index < -0.39 is 11.9 Å². The lowest BCUT2D eigenvalue weighted by molar-refractivity contribution is 0.0697. The van der Waals surface area contributed by atoms with Crippen LogP contribution in [0.3, 0.4) is 0 Å². The van der Waals surface area contributed by atoms with Gasteiger partial charge in [0.25, 0.3) is 5.91 Å². The van der Waals surface area contributed by atoms with Crippen molar-refractivity contribution in [3.63, 3.8) is 0 Å². The minimum Gasteiger partial charge on any atom is -0.507 e. The van der Waals surface area contributed by atoms with E-state index in [1.165, 1.54) is 25.3 Å². The smallest absolute Gasteiger partial charge is 0.340 e. The van der Waals surface area contributed by atoms with Gasteiger partial charge >= 0.3 is 5.97 Å². The number of carbonyl (C=O) groups is 2. The summed E-state index contributed by atoms with van der Waals surface area (Å²) >= 11 is 0.868. The number of nitrogens with one attached hydrogen (secondary N) is 1. The van der Waals surface area contributed by atoms with Gasteiger partial charge in [0, 0.05) is 0 Å². The van der Waals surface area contributed by atoms with E-state index in [-0.39, 0.29) is 21.9 Å². The van der Waals surface area contributed by atoms with Gasteiger partial charge < -0.3 is 20.3 Å². The summed E-state index contributed by atoms with van der Waals surface area (Å²) in [4.78, 5) is 23.3. The minimum atomic E-state index is -1.17. The summed E-state index contributed by atoms with van der Waals surface area (Å²) in [6.45, 7) is 1.54. The van der Waals surface area contributed by atoms with Crippen molar-refractivity contribution < 1.29 is 24.5 Å². The Morgan fingerprint density at radius 1 is 1.38 bits per heavy atom. The van der Waals surface area contributed by atoms with E-state index in [4.69, 9.17) is 9.84 Å². The highest BCUT2D eigenvalue weighted by atomic mass is 32.1. The quantitative estimate of drug-likeness (QED) is 0.798. The Labute approximate surface area is 124 Å². The number of amides is 1. The van der Waals surface area contributed by atoms with Crippen LogP contribution in [0.5, 0.6) is 11.5 Å². The predicted octanol–water partition coefficient (Wildman–Crippen LogP) is 2.12. The number of ether oxygens (including phenoxy) is 1. The number of nitrogens with zero attached hydrogens (tertiary/aromatic N) is 1. The van der Waals surface area contributed by atoms with Gasteiger partial charge in [-0.05, 0) is 36.7 Å². The van der Waals surface area contributed by atoms with Crippen LogP contribution in [0.2, 0.25) is 0 Å². The maximum atomic E-state index is 12.1. The summed E-state index contributed by atoms with van der Waals surface area (Å²) in [5.41, 5.74) is 0.241. The van der Waals surface area contributed by atoms with Gasteiger partial charge in [0.15, 0.2) is 0 Å². The molecule has 1 heterocycles. The Kier molecular flexibility index (Phi) is 4.08. The van der Waals surface area contributed by atoms with Gasteiger partial charge in [-0.1, -0.05) is 0 Å². The van der Waals surface area contributed by atoms with E-state index in [0.29, 0.717) is 11.4 Å². The van der Waals surface area contributed by atoms with Gasteiger partial charge in [0.05, 0.1) is 18.4 Å². The molecular formula is C13H12N2O5S. The predicted molar refractivity (Wildman–Crippen MR) is 76.4 cm³/mol. The summed E-state index contributed by atoms with van der Waals surface area (Å²) in [5, 5.41) is 21.4. The van der Waals surface area contributed by atoms with Crippen LogP contribution >= 0.6 is 11.5 Å². The fraction of sp³-hybridized carbons (Fsp3) is 0.154. The fourth-order valence-electron chi connectivity index (χ4n) is 1.70. The Morgan fingerprint density at radius 3 is 2.71 bits per heavy atom. The first kappa shape index (κ1) is 14.8. The monoisotopic (exact) mass is 308 g/mol. The van der Waals surface area contributed by atoms with Crippen molar-refractivity contribution in [2.45, 2.75) is 6.92 Å². The SMILES string of the molecule is COc1ccc(O)c(C(=O)Nc2snc(C)c2C(=O)O)c1. The number of benzene rings is 1. The standard InChI is InChI=1S/C13H12N2O5S/c1-6-10(13(18)19)12(21-15-6)14-11(17)8-5-7(20-2)3-4-9(8)16/h3-5,16H,1-2H3,(H,14,17)(H,18,19). The molecule has 0 saturated heterocycles. The lowest BCUT2D eigenvalue weighted by atomic mass is 10.1. The van der Waals surface area contributed by atoms with Crippen LogP contribution in [0.15, 0.2) is 18.2 Å². The summed E-state index contributed by atoms with van der Waals surface area (Å²) < 4.78 is 8.88. The summed E-state index contributed by atoms with van der Waals surface area (Å²) in [7, 11) is 1.43. The first-order valence-electron chi connectivity index (χ1n) is 5.82. The van der Waals surface area contributed by atoms with Crippen molar-refractivity contribution in [3.8, 4) is 11.5 Å². The van der Waals surface area contributed by atoms with Crippen LogP contribution < -0.4 is 10.1 Å². The number of anilines is 1. The van der Waals surface area contributed by atoms with Gasteiger partial charge in [-0.3, -0.25) is 4.79 Å². The molecular weight excluding hydrogens is 296 g/mol. The van der Waals surface area contributed by atoms with Crippen LogP contribution in [-0.4, -0.2) is 33.6 Å². The van der Waals surface area contributed by atoms with E-state index >= 15 is 0 Å². The highest BCUT2D eigenvalue weighted by Crippen LogP contribution is 2.28. The van der Waals surface area contributed by atoms with Gasteiger partial charge in [-0.25, -0.2) is 4.79 Å². The molecule has 0 aliphatic rings. The summed E-state index contributed by atoms with van der Waals surface area (Å²) in [5.74, 6) is -1.65. The number of carboxylic acids is 1. The molecule has 1 amide bonds. The highest BCUT2D eigenvalue weighted by molar-refractivity contribution is 7.11. The van der Waals surface area contributed by atoms with Crippen LogP contribution in [-0.2, 0) is 0 Å². The first-order valence-corrected chi connectivity index (χ1v) is 6.59. The minimum absolute atomic E-state index is 0.0169. The van der Waals surface area contributed by atoms with Crippen molar-refractivity contribution in [2.24, 2.45) is 0 Å². The van der Waals surface area contributed by atoms with Gasteiger partial charge in [-0.2, -0.15) is 4.37 Å². The third kappa shape index (κ3) is 2.95. The molecule has 0 aliphatic heterocycles. The number of hydrogen-bond acceptors (Lipinski definition) is 6. The maximum absolute atomic E-state index is 12.1. The lowest BCUT2D eigenvalue weighted by Crippen LogP contribution is -2.14. The molecule has 7 nitrogen and oxygen atoms in total. The zero-order chi connectivity index (χ0) is 15.6. The van der Waals surface area contributed by atoms with Crippen molar-refractivity contribution in [3.05, 3.63) is 35.0 Å². The number of aromatic nitrogens is 1. The molecule has 0 aliphatic carbocycles. The molecule has 1 aromatic heterocycles. The number of phenolic OH excluding ortho intramolecular Hbond substituents is 1. The zero-order valence-electron chi connectivity index (χ0n) is 11.2. The molecule has 21 heavy (non-hydrogen) atoms. The molecule has 1 aromatic carbocycles. The molecule has 0 spiro atoms. The third-order valence-electron chi connectivity index (χ3n) is 2.75. The Hall–Kier alpha value is -2.61. The van der Waals surface area contributed by atoms with Crippen molar-refractivity contribution in [1.29, 1.82) is 0 Å². The van der Waals surface area contributed by atoms with Crippen LogP contribution in [0, 0.1) is 6.92 Å². The largest absolute Gasteiger partial charge is 0.507 e. The zero-order valence-corrected chi connectivity index (χ0v) is 12.0. The van der Waals surface area contributed by atoms with E-state index in [2.05, 4.69) is 9.69 Å². The molecule has 0 atom stereocenters. The number of rotatable bonds is 4. The molecule has 110 valence electrons. The second-order valence-electron chi connectivity index (χ2n) is 4.11. The van der Waals surface area contributed by atoms with Gasteiger partial charge in [-0.15, -0.1) is 0 Å². The number of carbonyl (C=O) groups excluding carboxylic acids is 1. The Bertz CT molecular complexity index is 711. The average molecular weight is 308 g/mol.